The van der Waals surface area contributed by atoms with Crippen molar-refractivity contribution in [2.45, 2.75) is 20.0 Å². The van der Waals surface area contributed by atoms with Gasteiger partial charge in [0, 0.05) is 0 Å². The molecule has 0 saturated carbocycles. The minimum absolute atomic E-state index is 0.274. The van der Waals surface area contributed by atoms with E-state index < -0.39 is 17.6 Å². The minimum Gasteiger partial charge on any atom is -0.207 e. The number of rotatable bonds is 0. The Kier molecular flexibility index (Phi) is 2.32. The number of aryl methyl sites for hydroxylation is 1. The zero-order valence-electron chi connectivity index (χ0n) is 7.17. The maximum absolute atomic E-state index is 12.9. The number of halogens is 4. The van der Waals surface area contributed by atoms with Crippen molar-refractivity contribution in [1.82, 2.24) is 0 Å². The molecular weight excluding hydrogens is 184 g/mol. The first-order chi connectivity index (χ1) is 5.82. The predicted octanol–water partition coefficient (Wildman–Crippen LogP) is 3.46. The molecule has 0 aliphatic heterocycles. The lowest BCUT2D eigenvalue weighted by molar-refractivity contribution is -0.138. The highest BCUT2D eigenvalue weighted by Crippen LogP contribution is 2.33. The average Bonchev–Trinajstić information content (AvgIpc) is 1.94. The molecule has 1 aromatic carbocycles. The predicted molar refractivity (Wildman–Crippen MR) is 40.9 cm³/mol. The average molecular weight is 192 g/mol. The first kappa shape index (κ1) is 10.0. The van der Waals surface area contributed by atoms with Crippen molar-refractivity contribution < 1.29 is 17.6 Å². The van der Waals surface area contributed by atoms with E-state index in [1.54, 1.807) is 0 Å². The maximum Gasteiger partial charge on any atom is 0.416 e. The lowest BCUT2D eigenvalue weighted by Crippen LogP contribution is -2.09. The van der Waals surface area contributed by atoms with Gasteiger partial charge in [-0.2, -0.15) is 13.2 Å². The number of hydrogen-bond donors (Lipinski definition) is 0. The standard InChI is InChI=1S/C9H8F4/c1-5-3-7(9(11,12)13)6(2)8(10)4-5/h3-4H,1-2H3. The lowest BCUT2D eigenvalue weighted by atomic mass is 10.0. The molecule has 4 heteroatoms. The summed E-state index contributed by atoms with van der Waals surface area (Å²) in [6.07, 6.45) is -4.48. The highest BCUT2D eigenvalue weighted by molar-refractivity contribution is 5.33. The highest BCUT2D eigenvalue weighted by atomic mass is 19.4. The van der Waals surface area contributed by atoms with Crippen LogP contribution < -0.4 is 0 Å². The first-order valence-corrected chi connectivity index (χ1v) is 3.66. The zero-order chi connectivity index (χ0) is 10.2. The Bertz CT molecular complexity index is 325. The van der Waals surface area contributed by atoms with Crippen molar-refractivity contribution in [3.63, 3.8) is 0 Å². The molecule has 0 unspecified atom stereocenters. The Hall–Kier alpha value is -1.06. The van der Waals surface area contributed by atoms with Crippen molar-refractivity contribution in [1.29, 1.82) is 0 Å². The molecular formula is C9H8F4. The van der Waals surface area contributed by atoms with Crippen molar-refractivity contribution in [3.05, 3.63) is 34.6 Å². The van der Waals surface area contributed by atoms with Crippen molar-refractivity contribution >= 4 is 0 Å². The number of alkyl halides is 3. The van der Waals surface area contributed by atoms with Crippen LogP contribution in [0.4, 0.5) is 17.6 Å². The van der Waals surface area contributed by atoms with Crippen LogP contribution in [-0.2, 0) is 6.18 Å². The summed E-state index contributed by atoms with van der Waals surface area (Å²) in [6.45, 7) is 2.55. The number of benzene rings is 1. The Morgan fingerprint density at radius 1 is 1.08 bits per heavy atom. The Labute approximate surface area is 73.2 Å². The molecule has 0 radical (unpaired) electrons. The van der Waals surface area contributed by atoms with Gasteiger partial charge >= 0.3 is 6.18 Å². The summed E-state index contributed by atoms with van der Waals surface area (Å²) in [5, 5.41) is 0. The minimum atomic E-state index is -4.48. The van der Waals surface area contributed by atoms with Gasteiger partial charge in [-0.15, -0.1) is 0 Å². The lowest BCUT2D eigenvalue weighted by Gasteiger charge is -2.11. The van der Waals surface area contributed by atoms with Gasteiger partial charge in [-0.05, 0) is 37.1 Å². The van der Waals surface area contributed by atoms with E-state index >= 15 is 0 Å². The Balaban J connectivity index is 3.37. The fourth-order valence-electron chi connectivity index (χ4n) is 1.11. The van der Waals surface area contributed by atoms with Crippen LogP contribution in [0.2, 0.25) is 0 Å². The van der Waals surface area contributed by atoms with Gasteiger partial charge in [-0.3, -0.25) is 0 Å². The van der Waals surface area contributed by atoms with E-state index in [4.69, 9.17) is 0 Å². The van der Waals surface area contributed by atoms with Crippen LogP contribution in [-0.4, -0.2) is 0 Å². The van der Waals surface area contributed by atoms with E-state index in [0.717, 1.165) is 19.1 Å². The van der Waals surface area contributed by atoms with Gasteiger partial charge in [0.15, 0.2) is 0 Å². The van der Waals surface area contributed by atoms with Crippen molar-refractivity contribution in [2.24, 2.45) is 0 Å². The molecule has 0 amide bonds. The van der Waals surface area contributed by atoms with Crippen LogP contribution in [0.3, 0.4) is 0 Å². The van der Waals surface area contributed by atoms with E-state index in [-0.39, 0.29) is 11.1 Å². The summed E-state index contributed by atoms with van der Waals surface area (Å²) in [4.78, 5) is 0. The van der Waals surface area contributed by atoms with Crippen LogP contribution in [0, 0.1) is 19.7 Å². The second-order valence-corrected chi connectivity index (χ2v) is 2.92. The van der Waals surface area contributed by atoms with Crippen LogP contribution in [0.15, 0.2) is 12.1 Å². The molecule has 0 atom stereocenters. The van der Waals surface area contributed by atoms with Gasteiger partial charge in [0.05, 0.1) is 5.56 Å². The molecule has 13 heavy (non-hydrogen) atoms. The molecule has 0 aliphatic carbocycles. The Morgan fingerprint density at radius 2 is 1.62 bits per heavy atom. The summed E-state index contributed by atoms with van der Waals surface area (Å²) in [5.41, 5.74) is -0.974. The number of hydrogen-bond acceptors (Lipinski definition) is 0. The fraction of sp³-hybridized carbons (Fsp3) is 0.333. The third kappa shape index (κ3) is 1.99. The first-order valence-electron chi connectivity index (χ1n) is 3.66. The van der Waals surface area contributed by atoms with Crippen LogP contribution in [0.25, 0.3) is 0 Å². The highest BCUT2D eigenvalue weighted by Gasteiger charge is 2.33. The van der Waals surface area contributed by atoms with Crippen LogP contribution in [0.1, 0.15) is 16.7 Å². The topological polar surface area (TPSA) is 0 Å². The summed E-state index contributed by atoms with van der Waals surface area (Å²) in [6, 6.07) is 2.03. The quantitative estimate of drug-likeness (QED) is 0.552. The van der Waals surface area contributed by atoms with Gasteiger partial charge in [0.1, 0.15) is 5.82 Å². The normalized spacial score (nSPS) is 11.8. The second kappa shape index (κ2) is 3.01. The van der Waals surface area contributed by atoms with Crippen molar-refractivity contribution in [3.8, 4) is 0 Å². The molecule has 1 rings (SSSR count). The maximum atomic E-state index is 12.9. The molecule has 0 bridgehead atoms. The molecule has 0 saturated heterocycles. The summed E-state index contributed by atoms with van der Waals surface area (Å²) >= 11 is 0. The molecule has 0 N–H and O–H groups in total. The van der Waals surface area contributed by atoms with E-state index in [9.17, 15) is 17.6 Å². The smallest absolute Gasteiger partial charge is 0.207 e. The van der Waals surface area contributed by atoms with Gasteiger partial charge < -0.3 is 0 Å². The van der Waals surface area contributed by atoms with E-state index in [1.165, 1.54) is 6.92 Å². The largest absolute Gasteiger partial charge is 0.416 e. The summed E-state index contributed by atoms with van der Waals surface area (Å²) < 4.78 is 49.6. The molecule has 0 fully saturated rings. The van der Waals surface area contributed by atoms with E-state index in [1.807, 2.05) is 0 Å². The molecule has 0 nitrogen and oxygen atoms in total. The van der Waals surface area contributed by atoms with Crippen LogP contribution in [0.5, 0.6) is 0 Å². The van der Waals surface area contributed by atoms with Crippen molar-refractivity contribution in [2.75, 3.05) is 0 Å². The molecule has 1 aromatic rings. The van der Waals surface area contributed by atoms with Gasteiger partial charge in [0.25, 0.3) is 0 Å². The SMILES string of the molecule is Cc1cc(F)c(C)c(C(F)(F)F)c1. The molecule has 0 heterocycles. The molecule has 0 spiro atoms. The van der Waals surface area contributed by atoms with Gasteiger partial charge in [-0.25, -0.2) is 4.39 Å². The van der Waals surface area contributed by atoms with E-state index in [0.29, 0.717) is 0 Å². The fourth-order valence-corrected chi connectivity index (χ4v) is 1.11. The van der Waals surface area contributed by atoms with Gasteiger partial charge in [0.2, 0.25) is 0 Å². The van der Waals surface area contributed by atoms with Crippen LogP contribution >= 0.6 is 0 Å². The monoisotopic (exact) mass is 192 g/mol. The van der Waals surface area contributed by atoms with Gasteiger partial charge in [-0.1, -0.05) is 0 Å². The molecule has 0 aliphatic rings. The Morgan fingerprint density at radius 3 is 2.08 bits per heavy atom. The third-order valence-corrected chi connectivity index (χ3v) is 1.79. The molecule has 72 valence electrons. The second-order valence-electron chi connectivity index (χ2n) is 2.92. The summed E-state index contributed by atoms with van der Waals surface area (Å²) in [5.74, 6) is -0.813. The summed E-state index contributed by atoms with van der Waals surface area (Å²) in [7, 11) is 0. The zero-order valence-corrected chi connectivity index (χ0v) is 7.17. The van der Waals surface area contributed by atoms with E-state index in [2.05, 4.69) is 0 Å². The molecule has 0 aromatic heterocycles. The third-order valence-electron chi connectivity index (χ3n) is 1.79.